The summed E-state index contributed by atoms with van der Waals surface area (Å²) in [5.41, 5.74) is 1.42. The molecule has 0 aliphatic carbocycles. The van der Waals surface area contributed by atoms with Gasteiger partial charge in [0.15, 0.2) is 5.69 Å². The van der Waals surface area contributed by atoms with Gasteiger partial charge in [0.05, 0.1) is 15.1 Å². The highest BCUT2D eigenvalue weighted by molar-refractivity contribution is 9.10. The van der Waals surface area contributed by atoms with Gasteiger partial charge >= 0.3 is 0 Å². The molecule has 0 radical (unpaired) electrons. The quantitative estimate of drug-likeness (QED) is 0.785. The van der Waals surface area contributed by atoms with E-state index in [2.05, 4.69) is 31.4 Å². The van der Waals surface area contributed by atoms with E-state index in [-0.39, 0.29) is 16.5 Å². The maximum atomic E-state index is 12.4. The van der Waals surface area contributed by atoms with Crippen molar-refractivity contribution in [3.63, 3.8) is 0 Å². The number of rotatable bonds is 5. The SMILES string of the molecule is CC(C)c1[nH]nc(C(=O)Nc2cccc(S(=O)(=O)N(C)C)c2)c1Br. The number of nitrogens with one attached hydrogen (secondary N) is 2. The largest absolute Gasteiger partial charge is 0.321 e. The van der Waals surface area contributed by atoms with Crippen LogP contribution in [0.25, 0.3) is 0 Å². The van der Waals surface area contributed by atoms with Gasteiger partial charge in [-0.2, -0.15) is 5.10 Å². The standard InChI is InChI=1S/C15H19BrN4O3S/c1-9(2)13-12(16)14(19-18-13)15(21)17-10-6-5-7-11(8-10)24(22,23)20(3)4/h5-9H,1-4H3,(H,17,21)(H,18,19). The van der Waals surface area contributed by atoms with Crippen LogP contribution in [0.3, 0.4) is 0 Å². The number of benzene rings is 1. The molecule has 0 saturated heterocycles. The van der Waals surface area contributed by atoms with E-state index < -0.39 is 15.9 Å². The van der Waals surface area contributed by atoms with E-state index in [0.717, 1.165) is 10.00 Å². The first-order chi connectivity index (χ1) is 11.1. The molecule has 0 bridgehead atoms. The van der Waals surface area contributed by atoms with Crippen molar-refractivity contribution in [2.75, 3.05) is 19.4 Å². The van der Waals surface area contributed by atoms with Crippen molar-refractivity contribution in [2.24, 2.45) is 0 Å². The Hall–Kier alpha value is -1.71. The second-order valence-corrected chi connectivity index (χ2v) is 8.67. The number of hydrogen-bond acceptors (Lipinski definition) is 4. The fourth-order valence-electron chi connectivity index (χ4n) is 2.01. The van der Waals surface area contributed by atoms with Gasteiger partial charge in [-0.05, 0) is 40.0 Å². The number of sulfonamides is 1. The molecule has 1 amide bonds. The van der Waals surface area contributed by atoms with Gasteiger partial charge in [0.2, 0.25) is 10.0 Å². The van der Waals surface area contributed by atoms with Crippen LogP contribution in [0.2, 0.25) is 0 Å². The Bertz CT molecular complexity index is 859. The zero-order chi connectivity index (χ0) is 18.1. The van der Waals surface area contributed by atoms with E-state index >= 15 is 0 Å². The lowest BCUT2D eigenvalue weighted by atomic mass is 10.1. The number of hydrogen-bond donors (Lipinski definition) is 2. The molecule has 0 unspecified atom stereocenters. The summed E-state index contributed by atoms with van der Waals surface area (Å²) in [6.45, 7) is 3.96. The van der Waals surface area contributed by atoms with Crippen molar-refractivity contribution < 1.29 is 13.2 Å². The minimum Gasteiger partial charge on any atom is -0.321 e. The van der Waals surface area contributed by atoms with Crippen molar-refractivity contribution in [2.45, 2.75) is 24.7 Å². The molecule has 2 aromatic rings. The van der Waals surface area contributed by atoms with E-state index in [0.29, 0.717) is 10.2 Å². The molecule has 7 nitrogen and oxygen atoms in total. The van der Waals surface area contributed by atoms with Gasteiger partial charge in [0.25, 0.3) is 5.91 Å². The number of carbonyl (C=O) groups excluding carboxylic acids is 1. The van der Waals surface area contributed by atoms with Gasteiger partial charge in [0, 0.05) is 19.8 Å². The molecule has 0 atom stereocenters. The normalized spacial score (nSPS) is 12.0. The van der Waals surface area contributed by atoms with Crippen molar-refractivity contribution in [1.29, 1.82) is 0 Å². The molecule has 130 valence electrons. The second-order valence-electron chi connectivity index (χ2n) is 5.72. The predicted octanol–water partition coefficient (Wildman–Crippen LogP) is 2.80. The smallest absolute Gasteiger partial charge is 0.277 e. The maximum Gasteiger partial charge on any atom is 0.277 e. The topological polar surface area (TPSA) is 95.2 Å². The Morgan fingerprint density at radius 3 is 2.54 bits per heavy atom. The van der Waals surface area contributed by atoms with Crippen molar-refractivity contribution in [1.82, 2.24) is 14.5 Å². The van der Waals surface area contributed by atoms with Crippen LogP contribution in [0.5, 0.6) is 0 Å². The van der Waals surface area contributed by atoms with E-state index in [1.54, 1.807) is 12.1 Å². The van der Waals surface area contributed by atoms with Crippen LogP contribution in [0.15, 0.2) is 33.6 Å². The van der Waals surface area contributed by atoms with Crippen LogP contribution in [-0.2, 0) is 10.0 Å². The molecule has 0 aliphatic rings. The first-order valence-electron chi connectivity index (χ1n) is 7.22. The maximum absolute atomic E-state index is 12.4. The Morgan fingerprint density at radius 1 is 1.33 bits per heavy atom. The molecule has 0 aliphatic heterocycles. The lowest BCUT2D eigenvalue weighted by Crippen LogP contribution is -2.22. The molecule has 2 rings (SSSR count). The number of anilines is 1. The molecular formula is C15H19BrN4O3S. The zero-order valence-electron chi connectivity index (χ0n) is 13.8. The van der Waals surface area contributed by atoms with E-state index in [1.165, 1.54) is 26.2 Å². The van der Waals surface area contributed by atoms with Gasteiger partial charge < -0.3 is 5.32 Å². The highest BCUT2D eigenvalue weighted by Crippen LogP contribution is 2.26. The summed E-state index contributed by atoms with van der Waals surface area (Å²) < 4.78 is 26.0. The molecule has 1 aromatic heterocycles. The molecule has 0 saturated carbocycles. The van der Waals surface area contributed by atoms with Gasteiger partial charge in [-0.15, -0.1) is 0 Å². The summed E-state index contributed by atoms with van der Waals surface area (Å²) in [5, 5.41) is 9.52. The molecule has 1 aromatic carbocycles. The fraction of sp³-hybridized carbons (Fsp3) is 0.333. The summed E-state index contributed by atoms with van der Waals surface area (Å²) >= 11 is 3.37. The Labute approximate surface area is 149 Å². The van der Waals surface area contributed by atoms with E-state index in [9.17, 15) is 13.2 Å². The second kappa shape index (κ2) is 7.04. The van der Waals surface area contributed by atoms with Gasteiger partial charge in [-0.3, -0.25) is 9.89 Å². The molecule has 1 heterocycles. The lowest BCUT2D eigenvalue weighted by Gasteiger charge is -2.12. The fourth-order valence-corrected chi connectivity index (χ4v) is 3.77. The molecular weight excluding hydrogens is 396 g/mol. The number of aromatic amines is 1. The molecule has 0 spiro atoms. The monoisotopic (exact) mass is 414 g/mol. The van der Waals surface area contributed by atoms with E-state index in [1.807, 2.05) is 13.8 Å². The first-order valence-corrected chi connectivity index (χ1v) is 9.45. The molecule has 0 fully saturated rings. The Balaban J connectivity index is 2.28. The third kappa shape index (κ3) is 3.68. The summed E-state index contributed by atoms with van der Waals surface area (Å²) in [4.78, 5) is 12.5. The van der Waals surface area contributed by atoms with Crippen molar-refractivity contribution >= 4 is 37.5 Å². The van der Waals surface area contributed by atoms with Crippen LogP contribution < -0.4 is 5.32 Å². The molecule has 2 N–H and O–H groups in total. The van der Waals surface area contributed by atoms with E-state index in [4.69, 9.17) is 0 Å². The van der Waals surface area contributed by atoms with Gasteiger partial charge in [-0.1, -0.05) is 19.9 Å². The average molecular weight is 415 g/mol. The van der Waals surface area contributed by atoms with Gasteiger partial charge in [-0.25, -0.2) is 12.7 Å². The summed E-state index contributed by atoms with van der Waals surface area (Å²) in [5.74, 6) is -0.244. The number of aromatic nitrogens is 2. The van der Waals surface area contributed by atoms with Crippen LogP contribution >= 0.6 is 15.9 Å². The Morgan fingerprint density at radius 2 is 2.00 bits per heavy atom. The minimum absolute atomic E-state index is 0.106. The lowest BCUT2D eigenvalue weighted by molar-refractivity contribution is 0.102. The molecule has 24 heavy (non-hydrogen) atoms. The number of carbonyl (C=O) groups is 1. The van der Waals surface area contributed by atoms with Crippen molar-refractivity contribution in [3.05, 3.63) is 40.1 Å². The third-order valence-electron chi connectivity index (χ3n) is 3.40. The summed E-state index contributed by atoms with van der Waals surface area (Å²) in [6.07, 6.45) is 0. The highest BCUT2D eigenvalue weighted by atomic mass is 79.9. The number of amides is 1. The predicted molar refractivity (Wildman–Crippen MR) is 95.6 cm³/mol. The van der Waals surface area contributed by atoms with Crippen LogP contribution in [0.4, 0.5) is 5.69 Å². The first kappa shape index (κ1) is 18.6. The van der Waals surface area contributed by atoms with Crippen molar-refractivity contribution in [3.8, 4) is 0 Å². The Kier molecular flexibility index (Phi) is 5.46. The highest BCUT2D eigenvalue weighted by Gasteiger charge is 2.21. The van der Waals surface area contributed by atoms with Crippen LogP contribution in [0, 0.1) is 0 Å². The number of nitrogens with zero attached hydrogens (tertiary/aromatic N) is 2. The third-order valence-corrected chi connectivity index (χ3v) is 6.01. The van der Waals surface area contributed by atoms with Crippen LogP contribution in [0.1, 0.15) is 35.9 Å². The number of H-pyrrole nitrogens is 1. The summed E-state index contributed by atoms with van der Waals surface area (Å²) in [6, 6.07) is 6.09. The molecule has 9 heteroatoms. The zero-order valence-corrected chi connectivity index (χ0v) is 16.2. The van der Waals surface area contributed by atoms with Gasteiger partial charge in [0.1, 0.15) is 0 Å². The summed E-state index contributed by atoms with van der Waals surface area (Å²) in [7, 11) is -0.658. The van der Waals surface area contributed by atoms with Crippen LogP contribution in [-0.4, -0.2) is 42.9 Å². The number of halogens is 1. The average Bonchev–Trinajstić information content (AvgIpc) is 2.89. The minimum atomic E-state index is -3.56.